The summed E-state index contributed by atoms with van der Waals surface area (Å²) in [5.74, 6) is -0.541. The van der Waals surface area contributed by atoms with E-state index >= 15 is 0 Å². The lowest BCUT2D eigenvalue weighted by Gasteiger charge is -2.48. The first-order valence-electron chi connectivity index (χ1n) is 11.5. The molecule has 2 aliphatic carbocycles. The molecule has 0 unspecified atom stereocenters. The highest BCUT2D eigenvalue weighted by Crippen LogP contribution is 2.30. The Hall–Kier alpha value is -2.28. The maximum atomic E-state index is 13.3. The van der Waals surface area contributed by atoms with Gasteiger partial charge in [-0.25, -0.2) is 4.79 Å². The van der Waals surface area contributed by atoms with Crippen LogP contribution < -0.4 is 16.0 Å². The molecule has 7 nitrogen and oxygen atoms in total. The predicted octanol–water partition coefficient (Wildman–Crippen LogP) is 3.82. The van der Waals surface area contributed by atoms with Gasteiger partial charge in [0.15, 0.2) is 0 Å². The standard InChI is InChI=1S/C23H31ClN4O3/c24-15-10-12-17(13-11-15)25-21(29)14-20-22(30)27-18-8-4-5-9-19(18)28(20)23(31)26-16-6-2-1-3-7-16/h10-13,16,18-20H,1-9,14H2,(H,25,29)(H,26,31)(H,27,30)/t18-,19-,20-/m0/s1. The van der Waals surface area contributed by atoms with Gasteiger partial charge in [-0.1, -0.05) is 43.7 Å². The Labute approximate surface area is 188 Å². The first-order valence-corrected chi connectivity index (χ1v) is 11.8. The van der Waals surface area contributed by atoms with E-state index in [0.29, 0.717) is 10.7 Å². The molecule has 1 heterocycles. The number of urea groups is 1. The van der Waals surface area contributed by atoms with Crippen LogP contribution in [0, 0.1) is 0 Å². The fraction of sp³-hybridized carbons (Fsp3) is 0.609. The Bertz CT molecular complexity index is 810. The Morgan fingerprint density at radius 2 is 1.68 bits per heavy atom. The van der Waals surface area contributed by atoms with Gasteiger partial charge in [0.25, 0.3) is 0 Å². The van der Waals surface area contributed by atoms with E-state index in [0.717, 1.165) is 51.4 Å². The van der Waals surface area contributed by atoms with Crippen LogP contribution in [-0.2, 0) is 9.59 Å². The maximum absolute atomic E-state index is 13.3. The molecule has 3 fully saturated rings. The lowest BCUT2D eigenvalue weighted by molar-refractivity contribution is -0.135. The highest BCUT2D eigenvalue weighted by atomic mass is 35.5. The molecule has 0 spiro atoms. The number of fused-ring (bicyclic) bond motifs is 1. The van der Waals surface area contributed by atoms with E-state index in [1.807, 2.05) is 0 Å². The normalized spacial score (nSPS) is 26.5. The minimum absolute atomic E-state index is 0.0334. The third-order valence-electron chi connectivity index (χ3n) is 6.73. The van der Waals surface area contributed by atoms with Crippen molar-refractivity contribution in [3.05, 3.63) is 29.3 Å². The number of carbonyl (C=O) groups is 3. The second-order valence-corrected chi connectivity index (χ2v) is 9.37. The summed E-state index contributed by atoms with van der Waals surface area (Å²) < 4.78 is 0. The van der Waals surface area contributed by atoms with Crippen molar-refractivity contribution in [2.24, 2.45) is 0 Å². The molecule has 1 aliphatic heterocycles. The molecule has 0 aromatic heterocycles. The molecule has 4 amide bonds. The van der Waals surface area contributed by atoms with Crippen molar-refractivity contribution < 1.29 is 14.4 Å². The molecule has 1 aromatic carbocycles. The fourth-order valence-corrected chi connectivity index (χ4v) is 5.28. The predicted molar refractivity (Wildman–Crippen MR) is 120 cm³/mol. The van der Waals surface area contributed by atoms with Gasteiger partial charge in [0.2, 0.25) is 11.8 Å². The van der Waals surface area contributed by atoms with Crippen LogP contribution in [0.3, 0.4) is 0 Å². The van der Waals surface area contributed by atoms with E-state index in [1.54, 1.807) is 29.2 Å². The molecule has 0 radical (unpaired) electrons. The number of rotatable bonds is 4. The lowest BCUT2D eigenvalue weighted by atomic mass is 9.85. The number of halogens is 1. The lowest BCUT2D eigenvalue weighted by Crippen LogP contribution is -2.69. The number of benzene rings is 1. The molecule has 3 N–H and O–H groups in total. The van der Waals surface area contributed by atoms with E-state index in [1.165, 1.54) is 6.42 Å². The van der Waals surface area contributed by atoms with Crippen molar-refractivity contribution in [1.82, 2.24) is 15.5 Å². The Morgan fingerprint density at radius 3 is 2.42 bits per heavy atom. The van der Waals surface area contributed by atoms with Gasteiger partial charge in [0, 0.05) is 22.8 Å². The quantitative estimate of drug-likeness (QED) is 0.656. The fourth-order valence-electron chi connectivity index (χ4n) is 5.15. The molecule has 1 saturated heterocycles. The van der Waals surface area contributed by atoms with Crippen molar-refractivity contribution in [3.8, 4) is 0 Å². The monoisotopic (exact) mass is 446 g/mol. The molecule has 2 saturated carbocycles. The molecule has 0 bridgehead atoms. The van der Waals surface area contributed by atoms with Crippen molar-refractivity contribution in [3.63, 3.8) is 0 Å². The summed E-state index contributed by atoms with van der Waals surface area (Å²) in [5, 5.41) is 9.63. The Balaban J connectivity index is 1.49. The smallest absolute Gasteiger partial charge is 0.318 e. The van der Waals surface area contributed by atoms with Gasteiger partial charge in [-0.2, -0.15) is 0 Å². The molecule has 1 aromatic rings. The average Bonchev–Trinajstić information content (AvgIpc) is 2.76. The Kier molecular flexibility index (Phi) is 7.00. The topological polar surface area (TPSA) is 90.5 Å². The number of piperazine rings is 1. The highest BCUT2D eigenvalue weighted by Gasteiger charge is 2.46. The van der Waals surface area contributed by atoms with Crippen LogP contribution >= 0.6 is 11.6 Å². The zero-order valence-electron chi connectivity index (χ0n) is 17.7. The van der Waals surface area contributed by atoms with Crippen LogP contribution in [0.5, 0.6) is 0 Å². The third kappa shape index (κ3) is 5.32. The second kappa shape index (κ2) is 9.90. The van der Waals surface area contributed by atoms with Gasteiger partial charge in [-0.15, -0.1) is 0 Å². The van der Waals surface area contributed by atoms with Crippen molar-refractivity contribution in [2.45, 2.75) is 88.4 Å². The van der Waals surface area contributed by atoms with Crippen molar-refractivity contribution in [1.29, 1.82) is 0 Å². The van der Waals surface area contributed by atoms with Gasteiger partial charge < -0.3 is 20.9 Å². The summed E-state index contributed by atoms with van der Waals surface area (Å²) in [6.07, 6.45) is 9.09. The zero-order chi connectivity index (χ0) is 21.8. The summed E-state index contributed by atoms with van der Waals surface area (Å²) in [5.41, 5.74) is 0.611. The third-order valence-corrected chi connectivity index (χ3v) is 6.98. The molecular formula is C23H31ClN4O3. The number of nitrogens with zero attached hydrogens (tertiary/aromatic N) is 1. The SMILES string of the molecule is O=C(C[C@H]1C(=O)N[C@H]2CCCC[C@@H]2N1C(=O)NC1CCCCC1)Nc1ccc(Cl)cc1. The van der Waals surface area contributed by atoms with Crippen molar-refractivity contribution in [2.75, 3.05) is 5.32 Å². The number of hydrogen-bond acceptors (Lipinski definition) is 3. The van der Waals surface area contributed by atoms with Gasteiger partial charge in [-0.05, 0) is 49.9 Å². The number of carbonyl (C=O) groups excluding carboxylic acids is 3. The van der Waals surface area contributed by atoms with Crippen LogP contribution in [0.2, 0.25) is 5.02 Å². The molecule has 31 heavy (non-hydrogen) atoms. The minimum Gasteiger partial charge on any atom is -0.349 e. The molecule has 3 aliphatic rings. The largest absolute Gasteiger partial charge is 0.349 e. The number of anilines is 1. The van der Waals surface area contributed by atoms with Gasteiger partial charge >= 0.3 is 6.03 Å². The summed E-state index contributed by atoms with van der Waals surface area (Å²) in [7, 11) is 0. The van der Waals surface area contributed by atoms with Crippen molar-refractivity contribution >= 4 is 35.1 Å². The number of nitrogens with one attached hydrogen (secondary N) is 3. The molecule has 4 rings (SSSR count). The van der Waals surface area contributed by atoms with Crippen LogP contribution in [0.4, 0.5) is 10.5 Å². The number of amides is 4. The maximum Gasteiger partial charge on any atom is 0.318 e. The van der Waals surface area contributed by atoms with Crippen LogP contribution in [-0.4, -0.2) is 46.9 Å². The summed E-state index contributed by atoms with van der Waals surface area (Å²) in [6, 6.07) is 5.85. The first-order chi connectivity index (χ1) is 15.0. The summed E-state index contributed by atoms with van der Waals surface area (Å²) >= 11 is 5.91. The molecule has 3 atom stereocenters. The van der Waals surface area contributed by atoms with Crippen LogP contribution in [0.25, 0.3) is 0 Å². The van der Waals surface area contributed by atoms with E-state index in [4.69, 9.17) is 11.6 Å². The first kappa shape index (κ1) is 21.9. The summed E-state index contributed by atoms with van der Waals surface area (Å²) in [6.45, 7) is 0. The molecular weight excluding hydrogens is 416 g/mol. The molecule has 8 heteroatoms. The van der Waals surface area contributed by atoms with Gasteiger partial charge in [0.1, 0.15) is 6.04 Å². The van der Waals surface area contributed by atoms with Crippen LogP contribution in [0.15, 0.2) is 24.3 Å². The number of hydrogen-bond donors (Lipinski definition) is 3. The van der Waals surface area contributed by atoms with E-state index in [2.05, 4.69) is 16.0 Å². The highest BCUT2D eigenvalue weighted by molar-refractivity contribution is 6.30. The minimum atomic E-state index is -0.810. The van der Waals surface area contributed by atoms with Gasteiger partial charge in [-0.3, -0.25) is 9.59 Å². The molecule has 168 valence electrons. The second-order valence-electron chi connectivity index (χ2n) is 8.93. The van der Waals surface area contributed by atoms with Crippen LogP contribution in [0.1, 0.15) is 64.2 Å². The summed E-state index contributed by atoms with van der Waals surface area (Å²) in [4.78, 5) is 40.7. The Morgan fingerprint density at radius 1 is 1.00 bits per heavy atom. The van der Waals surface area contributed by atoms with E-state index in [9.17, 15) is 14.4 Å². The van der Waals surface area contributed by atoms with Gasteiger partial charge in [0.05, 0.1) is 12.5 Å². The van der Waals surface area contributed by atoms with E-state index in [-0.39, 0.29) is 42.4 Å². The average molecular weight is 447 g/mol. The zero-order valence-corrected chi connectivity index (χ0v) is 18.5. The van der Waals surface area contributed by atoms with E-state index < -0.39 is 6.04 Å².